The summed E-state index contributed by atoms with van der Waals surface area (Å²) in [6.07, 6.45) is 3.03. The predicted molar refractivity (Wildman–Crippen MR) is 70.0 cm³/mol. The highest BCUT2D eigenvalue weighted by molar-refractivity contribution is 7.89. The van der Waals surface area contributed by atoms with Crippen molar-refractivity contribution in [2.75, 3.05) is 6.54 Å². The maximum atomic E-state index is 12.0. The molecule has 0 aliphatic heterocycles. The molecule has 0 amide bonds. The van der Waals surface area contributed by atoms with Crippen molar-refractivity contribution < 1.29 is 18.4 Å². The smallest absolute Gasteiger partial charge is 0.312 e. The Hall–Kier alpha value is -2.53. The Balaban J connectivity index is 2.12. The van der Waals surface area contributed by atoms with Gasteiger partial charge in [-0.2, -0.15) is 0 Å². The second-order valence-electron chi connectivity index (χ2n) is 3.97. The molecule has 112 valence electrons. The third kappa shape index (κ3) is 3.52. The van der Waals surface area contributed by atoms with Crippen LogP contribution in [0.1, 0.15) is 0 Å². The van der Waals surface area contributed by atoms with Gasteiger partial charge in [-0.05, 0) is 12.1 Å². The highest BCUT2D eigenvalue weighted by atomic mass is 32.2. The van der Waals surface area contributed by atoms with Crippen LogP contribution >= 0.6 is 0 Å². The highest BCUT2D eigenvalue weighted by Crippen LogP contribution is 2.27. The molecule has 21 heavy (non-hydrogen) atoms. The third-order valence-corrected chi connectivity index (χ3v) is 4.02. The molecule has 0 bridgehead atoms. The van der Waals surface area contributed by atoms with Gasteiger partial charge in [0.1, 0.15) is 0 Å². The van der Waals surface area contributed by atoms with Crippen molar-refractivity contribution in [3.05, 3.63) is 40.7 Å². The van der Waals surface area contributed by atoms with Gasteiger partial charge in [0.25, 0.3) is 0 Å². The first-order valence-corrected chi connectivity index (χ1v) is 7.19. The molecule has 1 aromatic carbocycles. The van der Waals surface area contributed by atoms with E-state index < -0.39 is 26.4 Å². The van der Waals surface area contributed by atoms with E-state index in [4.69, 9.17) is 0 Å². The Bertz CT molecular complexity index is 743. The van der Waals surface area contributed by atoms with Gasteiger partial charge in [-0.15, -0.1) is 5.10 Å². The summed E-state index contributed by atoms with van der Waals surface area (Å²) in [6.45, 7) is 0.305. The Morgan fingerprint density at radius 3 is 2.81 bits per heavy atom. The first-order valence-electron chi connectivity index (χ1n) is 5.71. The molecule has 0 aliphatic rings. The fourth-order valence-electron chi connectivity index (χ4n) is 1.55. The van der Waals surface area contributed by atoms with Crippen LogP contribution in [0.2, 0.25) is 0 Å². The van der Waals surface area contributed by atoms with E-state index in [0.29, 0.717) is 0 Å². The molecule has 2 aromatic rings. The number of nitro benzene ring substituents is 1. The number of rotatable bonds is 6. The summed E-state index contributed by atoms with van der Waals surface area (Å²) in [4.78, 5) is 9.52. The third-order valence-electron chi connectivity index (χ3n) is 2.56. The van der Waals surface area contributed by atoms with E-state index in [-0.39, 0.29) is 18.0 Å². The summed E-state index contributed by atoms with van der Waals surface area (Å²) in [7, 11) is -3.91. The lowest BCUT2D eigenvalue weighted by molar-refractivity contribution is -0.386. The Morgan fingerprint density at radius 1 is 1.43 bits per heavy atom. The quantitative estimate of drug-likeness (QED) is 0.559. The number of phenols is 1. The van der Waals surface area contributed by atoms with Gasteiger partial charge in [0, 0.05) is 18.8 Å². The number of sulfonamides is 1. The van der Waals surface area contributed by atoms with Gasteiger partial charge < -0.3 is 5.11 Å². The predicted octanol–water partition coefficient (Wildman–Crippen LogP) is -0.130. The average molecular weight is 313 g/mol. The lowest BCUT2D eigenvalue weighted by Gasteiger charge is -2.07. The van der Waals surface area contributed by atoms with Gasteiger partial charge >= 0.3 is 5.69 Å². The molecule has 11 heteroatoms. The highest BCUT2D eigenvalue weighted by Gasteiger charge is 2.20. The number of nitrogens with one attached hydrogen (secondary N) is 1. The van der Waals surface area contributed by atoms with E-state index in [1.54, 1.807) is 6.20 Å². The second-order valence-corrected chi connectivity index (χ2v) is 5.74. The zero-order valence-corrected chi connectivity index (χ0v) is 11.4. The molecule has 0 radical (unpaired) electrons. The van der Waals surface area contributed by atoms with E-state index in [0.717, 1.165) is 18.2 Å². The largest absolute Gasteiger partial charge is 0.502 e. The van der Waals surface area contributed by atoms with Crippen LogP contribution in [0.15, 0.2) is 35.5 Å². The average Bonchev–Trinajstić information content (AvgIpc) is 2.91. The van der Waals surface area contributed by atoms with Gasteiger partial charge in [0.2, 0.25) is 10.0 Å². The molecule has 1 heterocycles. The molecular weight excluding hydrogens is 302 g/mol. The summed E-state index contributed by atoms with van der Waals surface area (Å²) in [5, 5.41) is 27.2. The number of nitrogens with zero attached hydrogens (tertiary/aromatic N) is 4. The Kier molecular flexibility index (Phi) is 4.14. The van der Waals surface area contributed by atoms with Crippen LogP contribution in [-0.2, 0) is 16.6 Å². The van der Waals surface area contributed by atoms with Crippen LogP contribution in [0.25, 0.3) is 0 Å². The minimum absolute atomic E-state index is 0.0420. The summed E-state index contributed by atoms with van der Waals surface area (Å²) in [5.74, 6) is -0.596. The number of hydrogen-bond donors (Lipinski definition) is 2. The molecule has 0 atom stereocenters. The minimum atomic E-state index is -3.91. The molecule has 0 unspecified atom stereocenters. The van der Waals surface area contributed by atoms with Crippen molar-refractivity contribution in [1.82, 2.24) is 19.7 Å². The number of nitro groups is 1. The molecule has 0 spiro atoms. The van der Waals surface area contributed by atoms with Gasteiger partial charge in [-0.25, -0.2) is 13.1 Å². The van der Waals surface area contributed by atoms with E-state index in [9.17, 15) is 23.6 Å². The Morgan fingerprint density at radius 2 is 2.19 bits per heavy atom. The second kappa shape index (κ2) is 5.85. The molecule has 2 rings (SSSR count). The first kappa shape index (κ1) is 14.9. The molecular formula is C10H11N5O5S. The topological polar surface area (TPSA) is 140 Å². The number of aromatic nitrogens is 3. The van der Waals surface area contributed by atoms with Crippen LogP contribution in [0, 0.1) is 10.1 Å². The molecule has 0 aliphatic carbocycles. The van der Waals surface area contributed by atoms with Gasteiger partial charge in [0.05, 0.1) is 22.6 Å². The standard InChI is InChI=1S/C10H11N5O5S/c16-10-2-1-8(7-9(10)15(17)18)21(19,20)12-4-6-14-5-3-11-13-14/h1-3,5,7,12,16H,4,6H2. The maximum absolute atomic E-state index is 12.0. The van der Waals surface area contributed by atoms with Crippen LogP contribution in [0.3, 0.4) is 0 Å². The zero-order chi connectivity index (χ0) is 15.5. The summed E-state index contributed by atoms with van der Waals surface area (Å²) >= 11 is 0. The normalized spacial score (nSPS) is 11.4. The summed E-state index contributed by atoms with van der Waals surface area (Å²) in [6, 6.07) is 2.84. The lowest BCUT2D eigenvalue weighted by atomic mass is 10.3. The van der Waals surface area contributed by atoms with Crippen molar-refractivity contribution in [2.24, 2.45) is 0 Å². The van der Waals surface area contributed by atoms with Gasteiger partial charge in [-0.3, -0.25) is 14.8 Å². The molecule has 0 fully saturated rings. The monoisotopic (exact) mass is 313 g/mol. The van der Waals surface area contributed by atoms with Crippen LogP contribution in [0.4, 0.5) is 5.69 Å². The van der Waals surface area contributed by atoms with E-state index in [1.165, 1.54) is 10.9 Å². The molecule has 1 aromatic heterocycles. The maximum Gasteiger partial charge on any atom is 0.312 e. The van der Waals surface area contributed by atoms with E-state index >= 15 is 0 Å². The first-order chi connectivity index (χ1) is 9.90. The van der Waals surface area contributed by atoms with Crippen LogP contribution in [-0.4, -0.2) is 40.0 Å². The van der Waals surface area contributed by atoms with Crippen LogP contribution in [0.5, 0.6) is 5.75 Å². The number of hydrogen-bond acceptors (Lipinski definition) is 7. The van der Waals surface area contributed by atoms with Crippen molar-refractivity contribution >= 4 is 15.7 Å². The fourth-order valence-corrected chi connectivity index (χ4v) is 2.59. The van der Waals surface area contributed by atoms with Gasteiger partial charge in [-0.1, -0.05) is 5.21 Å². The number of phenolic OH excluding ortho intramolecular Hbond substituents is 1. The van der Waals surface area contributed by atoms with E-state index in [1.807, 2.05) is 0 Å². The Labute approximate surface area is 119 Å². The number of benzene rings is 1. The zero-order valence-electron chi connectivity index (χ0n) is 10.6. The van der Waals surface area contributed by atoms with Crippen molar-refractivity contribution in [3.8, 4) is 5.75 Å². The van der Waals surface area contributed by atoms with Crippen molar-refractivity contribution in [3.63, 3.8) is 0 Å². The molecule has 0 saturated heterocycles. The minimum Gasteiger partial charge on any atom is -0.502 e. The lowest BCUT2D eigenvalue weighted by Crippen LogP contribution is -2.27. The van der Waals surface area contributed by atoms with Crippen molar-refractivity contribution in [2.45, 2.75) is 11.4 Å². The molecule has 2 N–H and O–H groups in total. The van der Waals surface area contributed by atoms with Crippen molar-refractivity contribution in [1.29, 1.82) is 0 Å². The van der Waals surface area contributed by atoms with Gasteiger partial charge in [0.15, 0.2) is 5.75 Å². The molecule has 0 saturated carbocycles. The number of aromatic hydroxyl groups is 1. The summed E-state index contributed by atoms with van der Waals surface area (Å²) < 4.78 is 27.7. The summed E-state index contributed by atoms with van der Waals surface area (Å²) in [5.41, 5.74) is -0.672. The van der Waals surface area contributed by atoms with E-state index in [2.05, 4.69) is 15.0 Å². The fraction of sp³-hybridized carbons (Fsp3) is 0.200. The molecule has 10 nitrogen and oxygen atoms in total. The SMILES string of the molecule is O=[N+]([O-])c1cc(S(=O)(=O)NCCn2ccnn2)ccc1O. The van der Waals surface area contributed by atoms with Crippen LogP contribution < -0.4 is 4.72 Å².